The molecule has 2 N–H and O–H groups in total. The third-order valence-corrected chi connectivity index (χ3v) is 10.6. The number of carboxylic acids is 1. The van der Waals surface area contributed by atoms with E-state index in [0.29, 0.717) is 49.9 Å². The van der Waals surface area contributed by atoms with Gasteiger partial charge in [-0.1, -0.05) is 59.6 Å². The number of fused-ring (bicyclic) bond motifs is 3. The zero-order chi connectivity index (χ0) is 36.1. The molecule has 0 spiro atoms. The van der Waals surface area contributed by atoms with Crippen LogP contribution in [-0.2, 0) is 22.5 Å². The van der Waals surface area contributed by atoms with Crippen LogP contribution in [0.25, 0.3) is 0 Å². The van der Waals surface area contributed by atoms with Crippen molar-refractivity contribution in [2.45, 2.75) is 43.9 Å². The number of aromatic nitrogens is 1. The molecule has 3 aliphatic heterocycles. The summed E-state index contributed by atoms with van der Waals surface area (Å²) in [5, 5.41) is 14.6. The summed E-state index contributed by atoms with van der Waals surface area (Å²) in [6, 6.07) is 17.2. The first kappa shape index (κ1) is 36.4. The second-order valence-corrected chi connectivity index (χ2v) is 13.7. The lowest BCUT2D eigenvalue weighted by molar-refractivity contribution is -0.161. The molecule has 0 aliphatic carbocycles. The Labute approximate surface area is 307 Å². The zero-order valence-corrected chi connectivity index (χ0v) is 30.2. The van der Waals surface area contributed by atoms with E-state index in [1.807, 2.05) is 42.5 Å². The number of ether oxygens (including phenoxy) is 4. The Bertz CT molecular complexity index is 1860. The third kappa shape index (κ3) is 8.10. The summed E-state index contributed by atoms with van der Waals surface area (Å²) in [6.45, 7) is 3.02. The van der Waals surface area contributed by atoms with Crippen molar-refractivity contribution in [3.63, 3.8) is 0 Å². The summed E-state index contributed by atoms with van der Waals surface area (Å²) in [4.78, 5) is 33.1. The summed E-state index contributed by atoms with van der Waals surface area (Å²) < 4.78 is 22.9. The molecule has 3 aliphatic rings. The van der Waals surface area contributed by atoms with Crippen molar-refractivity contribution in [2.75, 3.05) is 41.0 Å². The molecular weight excluding hydrogens is 693 g/mol. The number of hydrogen-bond donors (Lipinski definition) is 2. The molecule has 0 saturated carbocycles. The van der Waals surface area contributed by atoms with Crippen LogP contribution in [0.1, 0.15) is 63.0 Å². The smallest absolute Gasteiger partial charge is 0.335 e. The molecule has 51 heavy (non-hydrogen) atoms. The van der Waals surface area contributed by atoms with E-state index in [4.69, 9.17) is 42.1 Å². The summed E-state index contributed by atoms with van der Waals surface area (Å²) in [7, 11) is 4.67. The number of para-hydroxylation sites is 1. The topological polar surface area (TPSA) is 119 Å². The van der Waals surface area contributed by atoms with Crippen LogP contribution in [0.3, 0.4) is 0 Å². The van der Waals surface area contributed by atoms with Crippen LogP contribution >= 0.6 is 23.2 Å². The number of pyridine rings is 1. The molecule has 268 valence electrons. The number of carboxylic acid groups (broad SMARTS) is 1. The van der Waals surface area contributed by atoms with Crippen LogP contribution in [0.5, 0.6) is 17.2 Å². The Kier molecular flexibility index (Phi) is 11.7. The number of piperidine rings is 3. The van der Waals surface area contributed by atoms with Crippen molar-refractivity contribution in [1.82, 2.24) is 15.2 Å². The molecule has 0 amide bonds. The van der Waals surface area contributed by atoms with Gasteiger partial charge in [-0.25, -0.2) is 9.59 Å². The number of benzene rings is 3. The zero-order valence-electron chi connectivity index (χ0n) is 28.7. The number of rotatable bonds is 14. The summed E-state index contributed by atoms with van der Waals surface area (Å²) in [5.41, 5.74) is 3.43. The molecular formula is C39H41Cl2N3O7. The molecule has 3 saturated heterocycles. The average molecular weight is 735 g/mol. The van der Waals surface area contributed by atoms with Gasteiger partial charge in [-0.05, 0) is 84.8 Å². The van der Waals surface area contributed by atoms with E-state index < -0.39 is 17.9 Å². The first-order valence-corrected chi connectivity index (χ1v) is 17.6. The monoisotopic (exact) mass is 733 g/mol. The van der Waals surface area contributed by atoms with Crippen LogP contribution in [0.15, 0.2) is 73.1 Å². The summed E-state index contributed by atoms with van der Waals surface area (Å²) in [5.74, 6) is -0.0750. The largest absolute Gasteiger partial charge is 0.496 e. The molecule has 1 aromatic heterocycles. The van der Waals surface area contributed by atoms with Crippen molar-refractivity contribution in [2.24, 2.45) is 5.92 Å². The highest BCUT2D eigenvalue weighted by Crippen LogP contribution is 2.39. The second kappa shape index (κ2) is 16.3. The highest BCUT2D eigenvalue weighted by Gasteiger charge is 2.38. The van der Waals surface area contributed by atoms with Crippen LogP contribution in [-0.4, -0.2) is 74.0 Å². The number of esters is 1. The predicted molar refractivity (Wildman–Crippen MR) is 194 cm³/mol. The highest BCUT2D eigenvalue weighted by atomic mass is 35.5. The van der Waals surface area contributed by atoms with Crippen LogP contribution < -0.4 is 19.5 Å². The van der Waals surface area contributed by atoms with Gasteiger partial charge in [0.15, 0.2) is 11.5 Å². The SMILES string of the molecule is COc1ccc([C@@H](Cc2c(Cl)cncc2Cl)c2cc(CNC(C(=O)O[C@H]3CN4CCC3CC4)c3ccccc3OC)ccc2C(=O)O)cc1OC. The quantitative estimate of drug-likeness (QED) is 0.132. The maximum atomic E-state index is 14.0. The maximum absolute atomic E-state index is 14.0. The lowest BCUT2D eigenvalue weighted by Crippen LogP contribution is -2.52. The molecule has 4 heterocycles. The molecule has 4 aromatic rings. The second-order valence-electron chi connectivity index (χ2n) is 12.8. The van der Waals surface area contributed by atoms with E-state index >= 15 is 0 Å². The lowest BCUT2D eigenvalue weighted by atomic mass is 9.82. The number of nitrogens with one attached hydrogen (secondary N) is 1. The van der Waals surface area contributed by atoms with E-state index in [0.717, 1.165) is 43.6 Å². The summed E-state index contributed by atoms with van der Waals surface area (Å²) >= 11 is 13.2. The third-order valence-electron chi connectivity index (χ3n) is 9.95. The number of hydrogen-bond acceptors (Lipinski definition) is 9. The Morgan fingerprint density at radius 2 is 1.61 bits per heavy atom. The van der Waals surface area contributed by atoms with Gasteiger partial charge in [0.25, 0.3) is 0 Å². The normalized spacial score (nSPS) is 19.2. The number of carbonyl (C=O) groups excluding carboxylic acids is 1. The summed E-state index contributed by atoms with van der Waals surface area (Å²) in [6.07, 6.45) is 5.15. The van der Waals surface area contributed by atoms with Gasteiger partial charge in [0, 0.05) is 37.0 Å². The fourth-order valence-corrected chi connectivity index (χ4v) is 7.74. The minimum Gasteiger partial charge on any atom is -0.496 e. The molecule has 3 aromatic carbocycles. The Morgan fingerprint density at radius 3 is 2.25 bits per heavy atom. The number of nitrogens with zero attached hydrogens (tertiary/aromatic N) is 2. The van der Waals surface area contributed by atoms with Gasteiger partial charge in [0.05, 0.1) is 36.9 Å². The molecule has 10 nitrogen and oxygen atoms in total. The van der Waals surface area contributed by atoms with Gasteiger partial charge in [0.1, 0.15) is 17.9 Å². The number of halogens is 2. The number of carbonyl (C=O) groups is 2. The highest BCUT2D eigenvalue weighted by molar-refractivity contribution is 6.35. The first-order valence-electron chi connectivity index (χ1n) is 16.9. The molecule has 12 heteroatoms. The van der Waals surface area contributed by atoms with E-state index in [9.17, 15) is 14.7 Å². The van der Waals surface area contributed by atoms with Crippen LogP contribution in [0, 0.1) is 5.92 Å². The molecule has 0 radical (unpaired) electrons. The van der Waals surface area contributed by atoms with Crippen molar-refractivity contribution < 1.29 is 33.6 Å². The number of aromatic carboxylic acids is 1. The fraction of sp³-hybridized carbons (Fsp3) is 0.359. The Morgan fingerprint density at radius 1 is 0.902 bits per heavy atom. The Hall–Kier alpha value is -4.35. The number of methoxy groups -OCH3 is 3. The van der Waals surface area contributed by atoms with E-state index in [-0.39, 0.29) is 30.6 Å². The Balaban J connectivity index is 1.36. The van der Waals surface area contributed by atoms with E-state index in [1.165, 1.54) is 12.4 Å². The van der Waals surface area contributed by atoms with Crippen molar-refractivity contribution in [3.05, 3.63) is 116 Å². The van der Waals surface area contributed by atoms with Gasteiger partial charge in [0.2, 0.25) is 0 Å². The van der Waals surface area contributed by atoms with Gasteiger partial charge in [-0.15, -0.1) is 0 Å². The minimum atomic E-state index is -1.09. The van der Waals surface area contributed by atoms with Crippen LogP contribution in [0.2, 0.25) is 10.0 Å². The van der Waals surface area contributed by atoms with Crippen molar-refractivity contribution in [3.8, 4) is 17.2 Å². The first-order chi connectivity index (χ1) is 24.7. The standard InChI is InChI=1S/C39H41Cl2N3O7/c1-48-33-7-5-4-6-27(33)37(39(47)51-36-22-44-14-12-24(36)13-15-44)43-19-23-8-10-26(38(45)46)29(16-23)28(18-30-31(40)20-42-21-32(30)41)25-9-11-34(49-2)35(17-25)50-3/h4-11,16-17,20-21,24,28,36-37,43H,12-15,18-19,22H2,1-3H3,(H,45,46)/t28-,36+,37?/m1/s1. The van der Waals surface area contributed by atoms with Crippen LogP contribution in [0.4, 0.5) is 0 Å². The average Bonchev–Trinajstić information content (AvgIpc) is 3.15. The van der Waals surface area contributed by atoms with Gasteiger partial charge in [-0.3, -0.25) is 15.2 Å². The molecule has 3 fully saturated rings. The van der Waals surface area contributed by atoms with E-state index in [1.54, 1.807) is 39.5 Å². The van der Waals surface area contributed by atoms with Crippen molar-refractivity contribution >= 4 is 35.1 Å². The predicted octanol–water partition coefficient (Wildman–Crippen LogP) is 6.96. The molecule has 1 unspecified atom stereocenters. The van der Waals surface area contributed by atoms with Gasteiger partial charge < -0.3 is 24.1 Å². The minimum absolute atomic E-state index is 0.114. The molecule has 7 rings (SSSR count). The lowest BCUT2D eigenvalue weighted by Gasteiger charge is -2.44. The van der Waals surface area contributed by atoms with Gasteiger partial charge in [-0.2, -0.15) is 0 Å². The molecule has 2 bridgehead atoms. The van der Waals surface area contributed by atoms with E-state index in [2.05, 4.69) is 15.2 Å². The molecule has 3 atom stereocenters. The fourth-order valence-electron chi connectivity index (χ4n) is 7.23. The van der Waals surface area contributed by atoms with Gasteiger partial charge >= 0.3 is 11.9 Å². The van der Waals surface area contributed by atoms with Crippen molar-refractivity contribution in [1.29, 1.82) is 0 Å². The maximum Gasteiger partial charge on any atom is 0.335 e.